The first kappa shape index (κ1) is 9.99. The van der Waals surface area contributed by atoms with E-state index in [-0.39, 0.29) is 0 Å². The lowest BCUT2D eigenvalue weighted by Crippen LogP contribution is -2.91. The van der Waals surface area contributed by atoms with E-state index < -0.39 is 9.84 Å². The number of hydrogen-bond acceptors (Lipinski definition) is 2. The Morgan fingerprint density at radius 2 is 2.17 bits per heavy atom. The number of nitrogens with two attached hydrogens (primary N) is 1. The molecule has 72 valence electrons. The molecule has 2 N–H and O–H groups in total. The van der Waals surface area contributed by atoms with Gasteiger partial charge in [-0.2, -0.15) is 0 Å². The average molecular weight is 192 g/mol. The second-order valence-electron chi connectivity index (χ2n) is 4.03. The minimum Gasteiger partial charge on any atom is -0.343 e. The normalized spacial score (nSPS) is 28.1. The van der Waals surface area contributed by atoms with Crippen molar-refractivity contribution in [1.29, 1.82) is 0 Å². The summed E-state index contributed by atoms with van der Waals surface area (Å²) in [6, 6.07) is 0.331. The van der Waals surface area contributed by atoms with E-state index in [1.54, 1.807) is 0 Å². The molecule has 1 heterocycles. The van der Waals surface area contributed by atoms with Crippen LogP contribution in [-0.4, -0.2) is 32.5 Å². The maximum Gasteiger partial charge on any atom is 0.156 e. The van der Waals surface area contributed by atoms with E-state index in [0.717, 1.165) is 13.0 Å². The third kappa shape index (κ3) is 3.11. The monoisotopic (exact) mass is 192 g/mol. The third-order valence-corrected chi connectivity index (χ3v) is 4.00. The molecular weight excluding hydrogens is 174 g/mol. The highest BCUT2D eigenvalue weighted by Crippen LogP contribution is 2.07. The van der Waals surface area contributed by atoms with Crippen molar-refractivity contribution in [3.05, 3.63) is 0 Å². The largest absolute Gasteiger partial charge is 0.343 e. The minimum atomic E-state index is -2.67. The van der Waals surface area contributed by atoms with Gasteiger partial charge in [-0.1, -0.05) is 13.8 Å². The Kier molecular flexibility index (Phi) is 3.12. The number of rotatable bonds is 3. The van der Waals surface area contributed by atoms with Crippen molar-refractivity contribution >= 4 is 9.84 Å². The second kappa shape index (κ2) is 3.75. The minimum absolute atomic E-state index is 0.331. The van der Waals surface area contributed by atoms with Gasteiger partial charge in [-0.15, -0.1) is 0 Å². The maximum absolute atomic E-state index is 11.1. The molecular formula is C8H18NO2S+. The van der Waals surface area contributed by atoms with E-state index in [0.29, 0.717) is 23.5 Å². The van der Waals surface area contributed by atoms with Gasteiger partial charge in [0.2, 0.25) is 0 Å². The van der Waals surface area contributed by atoms with Crippen LogP contribution in [0.3, 0.4) is 0 Å². The standard InChI is InChI=1S/C8H17NO2S/c1-7(2)5-9-8-3-4-12(10,11)6-8/h7-9H,3-6H2,1-2H3/p+1/t8-/m1/s1. The number of sulfone groups is 1. The van der Waals surface area contributed by atoms with Crippen LogP contribution in [0.25, 0.3) is 0 Å². The molecule has 0 unspecified atom stereocenters. The fourth-order valence-electron chi connectivity index (χ4n) is 1.47. The predicted octanol–water partition coefficient (Wildman–Crippen LogP) is -0.607. The van der Waals surface area contributed by atoms with Crippen molar-refractivity contribution in [2.45, 2.75) is 26.3 Å². The summed E-state index contributed by atoms with van der Waals surface area (Å²) in [7, 11) is -2.67. The van der Waals surface area contributed by atoms with Crippen molar-refractivity contribution in [1.82, 2.24) is 0 Å². The molecule has 0 amide bonds. The molecule has 0 aromatic heterocycles. The van der Waals surface area contributed by atoms with E-state index in [4.69, 9.17) is 0 Å². The lowest BCUT2D eigenvalue weighted by atomic mass is 10.2. The highest BCUT2D eigenvalue weighted by atomic mass is 32.2. The number of hydrogen-bond donors (Lipinski definition) is 1. The molecule has 0 aromatic carbocycles. The Balaban J connectivity index is 2.29. The van der Waals surface area contributed by atoms with Gasteiger partial charge in [-0.3, -0.25) is 0 Å². The van der Waals surface area contributed by atoms with Gasteiger partial charge in [-0.05, 0) is 0 Å². The van der Waals surface area contributed by atoms with Gasteiger partial charge in [0.15, 0.2) is 9.84 Å². The summed E-state index contributed by atoms with van der Waals surface area (Å²) in [5.41, 5.74) is 0. The summed E-state index contributed by atoms with van der Waals surface area (Å²) in [5, 5.41) is 2.18. The van der Waals surface area contributed by atoms with Gasteiger partial charge in [0, 0.05) is 12.3 Å². The fourth-order valence-corrected chi connectivity index (χ4v) is 3.26. The highest BCUT2D eigenvalue weighted by molar-refractivity contribution is 7.91. The Bertz CT molecular complexity index is 233. The molecule has 1 fully saturated rings. The van der Waals surface area contributed by atoms with Crippen molar-refractivity contribution in [2.75, 3.05) is 18.1 Å². The smallest absolute Gasteiger partial charge is 0.156 e. The predicted molar refractivity (Wildman–Crippen MR) is 48.7 cm³/mol. The molecule has 0 radical (unpaired) electrons. The van der Waals surface area contributed by atoms with Crippen LogP contribution in [0.15, 0.2) is 0 Å². The molecule has 0 saturated carbocycles. The number of quaternary nitrogens is 1. The Hall–Kier alpha value is -0.0900. The van der Waals surface area contributed by atoms with Gasteiger partial charge in [-0.25, -0.2) is 8.42 Å². The van der Waals surface area contributed by atoms with Gasteiger partial charge in [0.25, 0.3) is 0 Å². The van der Waals surface area contributed by atoms with E-state index in [1.807, 2.05) is 0 Å². The van der Waals surface area contributed by atoms with Crippen LogP contribution in [-0.2, 0) is 9.84 Å². The summed E-state index contributed by atoms with van der Waals surface area (Å²) in [5.74, 6) is 1.43. The molecule has 1 atom stereocenters. The first-order valence-electron chi connectivity index (χ1n) is 4.53. The SMILES string of the molecule is CC(C)C[NH2+][C@@H]1CCS(=O)(=O)C1. The molecule has 1 aliphatic rings. The maximum atomic E-state index is 11.1. The van der Waals surface area contributed by atoms with Crippen LogP contribution in [0.5, 0.6) is 0 Å². The van der Waals surface area contributed by atoms with Gasteiger partial charge in [0.05, 0.1) is 12.3 Å². The summed E-state index contributed by atoms with van der Waals surface area (Å²) in [6.45, 7) is 5.35. The summed E-state index contributed by atoms with van der Waals surface area (Å²) in [6.07, 6.45) is 0.842. The van der Waals surface area contributed by atoms with E-state index in [9.17, 15) is 8.42 Å². The Morgan fingerprint density at radius 3 is 2.58 bits per heavy atom. The summed E-state index contributed by atoms with van der Waals surface area (Å²) >= 11 is 0. The van der Waals surface area contributed by atoms with E-state index >= 15 is 0 Å². The van der Waals surface area contributed by atoms with Crippen LogP contribution in [0, 0.1) is 5.92 Å². The second-order valence-corrected chi connectivity index (χ2v) is 6.26. The van der Waals surface area contributed by atoms with Crippen LogP contribution in [0.1, 0.15) is 20.3 Å². The fraction of sp³-hybridized carbons (Fsp3) is 1.00. The lowest BCUT2D eigenvalue weighted by molar-refractivity contribution is -0.688. The highest BCUT2D eigenvalue weighted by Gasteiger charge is 2.30. The molecule has 3 nitrogen and oxygen atoms in total. The molecule has 4 heteroatoms. The zero-order valence-electron chi connectivity index (χ0n) is 7.79. The van der Waals surface area contributed by atoms with Gasteiger partial charge in [0.1, 0.15) is 11.8 Å². The molecule has 1 aliphatic heterocycles. The van der Waals surface area contributed by atoms with Crippen molar-refractivity contribution in [2.24, 2.45) is 5.92 Å². The van der Waals surface area contributed by atoms with Gasteiger partial charge >= 0.3 is 0 Å². The quantitative estimate of drug-likeness (QED) is 0.649. The molecule has 0 bridgehead atoms. The molecule has 0 aromatic rings. The van der Waals surface area contributed by atoms with E-state index in [2.05, 4.69) is 19.2 Å². The van der Waals surface area contributed by atoms with Gasteiger partial charge < -0.3 is 5.32 Å². The Morgan fingerprint density at radius 1 is 1.50 bits per heavy atom. The molecule has 12 heavy (non-hydrogen) atoms. The molecule has 1 rings (SSSR count). The average Bonchev–Trinajstić information content (AvgIpc) is 2.26. The summed E-state index contributed by atoms with van der Waals surface area (Å²) < 4.78 is 22.1. The molecule has 1 saturated heterocycles. The van der Waals surface area contributed by atoms with Crippen LogP contribution in [0.2, 0.25) is 0 Å². The third-order valence-electron chi connectivity index (χ3n) is 2.21. The van der Waals surface area contributed by atoms with Crippen LogP contribution in [0.4, 0.5) is 0 Å². The first-order chi connectivity index (χ1) is 5.49. The van der Waals surface area contributed by atoms with Crippen LogP contribution >= 0.6 is 0 Å². The Labute approximate surface area is 74.5 Å². The zero-order chi connectivity index (χ0) is 9.19. The van der Waals surface area contributed by atoms with Crippen molar-refractivity contribution < 1.29 is 13.7 Å². The van der Waals surface area contributed by atoms with Crippen LogP contribution < -0.4 is 5.32 Å². The zero-order valence-corrected chi connectivity index (χ0v) is 8.60. The lowest BCUT2D eigenvalue weighted by Gasteiger charge is -2.08. The molecule has 0 aliphatic carbocycles. The van der Waals surface area contributed by atoms with Crippen molar-refractivity contribution in [3.63, 3.8) is 0 Å². The van der Waals surface area contributed by atoms with E-state index in [1.165, 1.54) is 0 Å². The topological polar surface area (TPSA) is 50.8 Å². The summed E-state index contributed by atoms with van der Waals surface area (Å²) in [4.78, 5) is 0. The first-order valence-corrected chi connectivity index (χ1v) is 6.35. The molecule has 0 spiro atoms. The van der Waals surface area contributed by atoms with Crippen molar-refractivity contribution in [3.8, 4) is 0 Å².